The maximum atomic E-state index is 16.1. The lowest BCUT2D eigenvalue weighted by Crippen LogP contribution is -2.56. The molecule has 1 saturated heterocycles. The van der Waals surface area contributed by atoms with Crippen LogP contribution in [0.1, 0.15) is 211 Å². The van der Waals surface area contributed by atoms with Crippen molar-refractivity contribution in [3.63, 3.8) is 0 Å². The van der Waals surface area contributed by atoms with E-state index in [1.54, 1.807) is 13.2 Å². The highest BCUT2D eigenvalue weighted by Crippen LogP contribution is 2.70. The Balaban J connectivity index is 0.973. The average Bonchev–Trinajstić information content (AvgIpc) is 1.38. The predicted octanol–water partition coefficient (Wildman–Crippen LogP) is 14.0. The van der Waals surface area contributed by atoms with E-state index in [0.29, 0.717) is 85.0 Å². The summed E-state index contributed by atoms with van der Waals surface area (Å²) < 4.78 is 28.1. The first-order valence-corrected chi connectivity index (χ1v) is 35.5. The first kappa shape index (κ1) is 60.6. The molecule has 16 atom stereocenters. The van der Waals surface area contributed by atoms with Gasteiger partial charge in [0.05, 0.1) is 18.9 Å². The van der Waals surface area contributed by atoms with E-state index < -0.39 is 27.6 Å². The van der Waals surface area contributed by atoms with Crippen LogP contribution < -0.4 is 30.2 Å². The van der Waals surface area contributed by atoms with E-state index in [2.05, 4.69) is 90.4 Å². The number of nitrogens with one attached hydrogen (secondary N) is 3. The number of aliphatic hydroxyl groups is 2. The Morgan fingerprint density at radius 2 is 1.74 bits per heavy atom. The number of carbonyl (C=O) groups is 1. The second-order valence-electron chi connectivity index (χ2n) is 30.7. The number of methoxy groups -OCH3 is 1. The fourth-order valence-corrected chi connectivity index (χ4v) is 22.4. The van der Waals surface area contributed by atoms with Crippen LogP contribution in [0.15, 0.2) is 59.6 Å². The molecule has 3 spiro atoms. The molecule has 4 bridgehead atoms. The van der Waals surface area contributed by atoms with Gasteiger partial charge in [-0.1, -0.05) is 114 Å². The molecule has 12 heteroatoms. The van der Waals surface area contributed by atoms with Crippen molar-refractivity contribution in [1.29, 1.82) is 0 Å². The molecular weight excluding hydrogens is 1100 g/mol. The van der Waals surface area contributed by atoms with Crippen LogP contribution in [0.25, 0.3) is 0 Å². The fraction of sp³-hybridized carbons (Fsp3) is 0.711. The van der Waals surface area contributed by atoms with Gasteiger partial charge in [-0.05, 0) is 217 Å². The van der Waals surface area contributed by atoms with E-state index in [9.17, 15) is 15.3 Å². The highest BCUT2D eigenvalue weighted by Gasteiger charge is 2.67. The number of guanidine groups is 1. The number of ether oxygens (including phenoxy) is 4. The normalized spacial score (nSPS) is 39.6. The number of hydrogen-bond donors (Lipinski definition) is 6. The van der Waals surface area contributed by atoms with E-state index in [0.717, 1.165) is 153 Å². The van der Waals surface area contributed by atoms with Crippen molar-refractivity contribution in [1.82, 2.24) is 10.6 Å². The smallest absolute Gasteiger partial charge is 0.210 e. The predicted molar refractivity (Wildman–Crippen MR) is 345 cm³/mol. The molecule has 3 heterocycles. The molecule has 14 rings (SSSR count). The quantitative estimate of drug-likeness (QED) is 0.0992. The van der Waals surface area contributed by atoms with Gasteiger partial charge < -0.3 is 50.2 Å². The number of allylic oxidation sites excluding steroid dienone is 3. The van der Waals surface area contributed by atoms with Crippen LogP contribution in [0.5, 0.6) is 23.0 Å². The molecule has 0 aromatic heterocycles. The number of phenols is 1. The molecule has 9 aliphatic carbocycles. The van der Waals surface area contributed by atoms with Crippen LogP contribution in [0.2, 0.25) is 0 Å². The van der Waals surface area contributed by atoms with Crippen molar-refractivity contribution in [2.24, 2.45) is 80.4 Å². The van der Waals surface area contributed by atoms with Crippen molar-refractivity contribution in [2.45, 2.75) is 235 Å². The second kappa shape index (κ2) is 24.6. The summed E-state index contributed by atoms with van der Waals surface area (Å²) in [6.07, 6.45) is 43.3. The third kappa shape index (κ3) is 10.7. The summed E-state index contributed by atoms with van der Waals surface area (Å²) in [6, 6.07) is 13.9. The first-order valence-electron chi connectivity index (χ1n) is 35.5. The molecule has 3 aliphatic heterocycles. The molecule has 12 nitrogen and oxygen atoms in total. The summed E-state index contributed by atoms with van der Waals surface area (Å²) in [7, 11) is 3.65. The maximum absolute atomic E-state index is 16.1. The summed E-state index contributed by atoms with van der Waals surface area (Å²) in [5, 5.41) is 46.3. The van der Waals surface area contributed by atoms with Gasteiger partial charge in [-0.3, -0.25) is 4.79 Å². The van der Waals surface area contributed by atoms with Crippen LogP contribution in [-0.4, -0.2) is 77.9 Å². The van der Waals surface area contributed by atoms with Crippen LogP contribution in [0, 0.1) is 99.4 Å². The Morgan fingerprint density at radius 3 is 2.57 bits per heavy atom. The SMILES string of the molecule is CCC1CCC2C(C1)C1C=CC(=O)C3(Cc4ccc(O)c(OC)c4)CCCC3CC#CN=C(NC3CCCCC3)Nc3cc(cc4c3OC#CC3(CCCCC3)C3CC(CNC)(CC35C=CC3CC6CCCC6OC3(O)C5)O4)C13CCCC3C2CCCO. The van der Waals surface area contributed by atoms with Gasteiger partial charge >= 0.3 is 0 Å². The zero-order valence-electron chi connectivity index (χ0n) is 53.3. The number of likely N-dealkylation sites (N-methyl/N-ethyl adjacent to an activating group) is 1. The minimum absolute atomic E-state index is 0.00310. The lowest BCUT2D eigenvalue weighted by molar-refractivity contribution is -0.301. The standard InChI is InChI=1S/C76H102N4O8/c1-4-50-24-26-57-58(21-15-38-81)60-22-13-34-75(60)55-43-62(69-66(44-55)87-73(49-77-2)46-67(71(36-39-86-69)31-9-6-10-32-71)72(47-73)35-30-54-42-52-16-11-23-64(52)88-76(54,84)48-72)80-70(79-56-19-7-5-8-20-56)78-37-14-18-53-17-12-33-74(53,68(83)29-27-61(75)59(57)40-50)45-51-25-28-63(82)65(41-51)85-3/h25,27-30,35,41,43-44,50,52-54,56-61,64,67,77,81-82,84H,4-13,15-24,26,31-34,38,40,42,45-49H2,1-3H3,(H2,78,79,80). The molecule has 12 aliphatic rings. The number of carbonyl (C=O) groups excluding carboxylic acids is 1. The summed E-state index contributed by atoms with van der Waals surface area (Å²) in [5.41, 5.74) is 0.293. The van der Waals surface area contributed by atoms with E-state index in [4.69, 9.17) is 23.9 Å². The molecule has 474 valence electrons. The van der Waals surface area contributed by atoms with Gasteiger partial charge in [0, 0.05) is 65.7 Å². The summed E-state index contributed by atoms with van der Waals surface area (Å²) in [5.74, 6) is 11.4. The van der Waals surface area contributed by atoms with Gasteiger partial charge in [-0.2, -0.15) is 4.99 Å². The largest absolute Gasteiger partial charge is 0.504 e. The number of phenolic OH excluding ortho intramolecular Hbond substituents is 1. The van der Waals surface area contributed by atoms with Crippen molar-refractivity contribution >= 4 is 17.4 Å². The third-order valence-electron chi connectivity index (χ3n) is 26.2. The van der Waals surface area contributed by atoms with Gasteiger partial charge in [0.1, 0.15) is 11.7 Å². The number of ketones is 1. The van der Waals surface area contributed by atoms with Crippen LogP contribution in [-0.2, 0) is 21.4 Å². The third-order valence-corrected chi connectivity index (χ3v) is 26.2. The minimum atomic E-state index is -1.26. The zero-order chi connectivity index (χ0) is 60.3. The number of aliphatic hydroxyl groups excluding tert-OH is 1. The molecule has 6 N–H and O–H groups in total. The molecule has 2 aromatic rings. The molecule has 2 aromatic carbocycles. The Hall–Kier alpha value is -4.98. The Kier molecular flexibility index (Phi) is 16.9. The zero-order valence-corrected chi connectivity index (χ0v) is 53.3. The first-order chi connectivity index (χ1) is 42.9. The minimum Gasteiger partial charge on any atom is -0.504 e. The number of anilines is 1. The maximum Gasteiger partial charge on any atom is 0.210 e. The lowest BCUT2D eigenvalue weighted by Gasteiger charge is -2.59. The topological polar surface area (TPSA) is 163 Å². The molecule has 16 unspecified atom stereocenters. The number of aliphatic imine (C=N–C) groups is 1. The average molecular weight is 1200 g/mol. The van der Waals surface area contributed by atoms with Crippen LogP contribution >= 0.6 is 0 Å². The molecule has 0 amide bonds. The fourth-order valence-electron chi connectivity index (χ4n) is 22.4. The summed E-state index contributed by atoms with van der Waals surface area (Å²) >= 11 is 0. The van der Waals surface area contributed by atoms with E-state index in [1.807, 2.05) is 12.1 Å². The molecule has 88 heavy (non-hydrogen) atoms. The molecule has 9 fully saturated rings. The Bertz CT molecular complexity index is 3140. The van der Waals surface area contributed by atoms with Crippen molar-refractivity contribution in [3.8, 4) is 47.0 Å². The van der Waals surface area contributed by atoms with Gasteiger partial charge in [-0.15, -0.1) is 0 Å². The van der Waals surface area contributed by atoms with Gasteiger partial charge in [-0.25, -0.2) is 0 Å². The molecule has 8 saturated carbocycles. The van der Waals surface area contributed by atoms with Crippen LogP contribution in [0.3, 0.4) is 0 Å². The van der Waals surface area contributed by atoms with E-state index in [-0.39, 0.29) is 65.3 Å². The van der Waals surface area contributed by atoms with Crippen molar-refractivity contribution in [3.05, 3.63) is 65.8 Å². The number of fused-ring (bicyclic) bond motifs is 13. The monoisotopic (exact) mass is 1200 g/mol. The highest BCUT2D eigenvalue weighted by molar-refractivity contribution is 5.97. The molecular formula is C76H102N4O8. The van der Waals surface area contributed by atoms with Crippen LogP contribution in [0.4, 0.5) is 5.69 Å². The summed E-state index contributed by atoms with van der Waals surface area (Å²) in [4.78, 5) is 21.3. The lowest BCUT2D eigenvalue weighted by atomic mass is 9.45. The van der Waals surface area contributed by atoms with E-state index in [1.165, 1.54) is 37.7 Å². The summed E-state index contributed by atoms with van der Waals surface area (Å²) in [6.45, 7) is 3.15. The highest BCUT2D eigenvalue weighted by atomic mass is 16.6. The Labute approximate surface area is 525 Å². The Morgan fingerprint density at radius 1 is 0.886 bits per heavy atom. The number of hydrogen-bond acceptors (Lipinski definition) is 12. The number of aromatic hydroxyl groups is 1. The number of nitrogens with zero attached hydrogens (tertiary/aromatic N) is 1. The van der Waals surface area contributed by atoms with Gasteiger partial charge in [0.2, 0.25) is 11.7 Å². The van der Waals surface area contributed by atoms with Crippen molar-refractivity contribution in [2.75, 3.05) is 32.6 Å². The number of rotatable bonds is 10. The van der Waals surface area contributed by atoms with Crippen molar-refractivity contribution < 1.29 is 39.1 Å². The van der Waals surface area contributed by atoms with E-state index >= 15 is 4.79 Å². The van der Waals surface area contributed by atoms with Gasteiger partial charge in [0.25, 0.3) is 0 Å². The second-order valence-corrected chi connectivity index (χ2v) is 30.7. The number of benzene rings is 2. The van der Waals surface area contributed by atoms with Gasteiger partial charge in [0.15, 0.2) is 28.8 Å². The molecule has 0 radical (unpaired) electrons.